The molecule has 0 saturated carbocycles. The van der Waals surface area contributed by atoms with E-state index >= 15 is 0 Å². The van der Waals surface area contributed by atoms with Crippen LogP contribution in [0.15, 0.2) is 18.6 Å². The molecule has 122 valence electrons. The van der Waals surface area contributed by atoms with Crippen molar-refractivity contribution in [3.05, 3.63) is 34.2 Å². The first kappa shape index (κ1) is 15.0. The first-order valence-corrected chi connectivity index (χ1v) is 9.27. The van der Waals surface area contributed by atoms with Gasteiger partial charge in [-0.3, -0.25) is 9.88 Å². The van der Waals surface area contributed by atoms with E-state index in [0.717, 1.165) is 19.7 Å². The van der Waals surface area contributed by atoms with Crippen molar-refractivity contribution >= 4 is 11.3 Å². The fraction of sp³-hybridized carbons (Fsp3) is 0.588. The van der Waals surface area contributed by atoms with E-state index in [0.29, 0.717) is 11.8 Å². The van der Waals surface area contributed by atoms with Crippen LogP contribution in [0.3, 0.4) is 0 Å². The molecule has 1 aliphatic heterocycles. The predicted octanol–water partition coefficient (Wildman–Crippen LogP) is 2.71. The van der Waals surface area contributed by atoms with Gasteiger partial charge in [-0.25, -0.2) is 9.97 Å². The number of thiazole rings is 1. The molecule has 4 rings (SSSR count). The fourth-order valence-corrected chi connectivity index (χ4v) is 4.70. The Morgan fingerprint density at radius 3 is 3.13 bits per heavy atom. The maximum atomic E-state index is 5.78. The third-order valence-corrected chi connectivity index (χ3v) is 5.75. The number of aromatic nitrogens is 3. The van der Waals surface area contributed by atoms with E-state index in [2.05, 4.69) is 14.9 Å². The Balaban J connectivity index is 1.30. The van der Waals surface area contributed by atoms with Gasteiger partial charge in [0.15, 0.2) is 0 Å². The maximum Gasteiger partial charge on any atom is 0.232 e. The van der Waals surface area contributed by atoms with Crippen LogP contribution in [0.1, 0.15) is 34.8 Å². The molecule has 2 aromatic rings. The summed E-state index contributed by atoms with van der Waals surface area (Å²) in [4.78, 5) is 17.1. The van der Waals surface area contributed by atoms with E-state index in [1.54, 1.807) is 18.6 Å². The van der Waals surface area contributed by atoms with E-state index in [-0.39, 0.29) is 0 Å². The topological polar surface area (TPSA) is 51.1 Å². The first-order valence-electron chi connectivity index (χ1n) is 8.45. The van der Waals surface area contributed by atoms with Gasteiger partial charge in [0.2, 0.25) is 5.88 Å². The number of piperidine rings is 1. The molecule has 6 heteroatoms. The molecule has 0 aromatic carbocycles. The smallest absolute Gasteiger partial charge is 0.232 e. The molecule has 1 unspecified atom stereocenters. The van der Waals surface area contributed by atoms with Gasteiger partial charge < -0.3 is 4.74 Å². The quantitative estimate of drug-likeness (QED) is 0.844. The summed E-state index contributed by atoms with van der Waals surface area (Å²) in [5.41, 5.74) is 1.37. The first-order chi connectivity index (χ1) is 11.4. The van der Waals surface area contributed by atoms with E-state index in [1.807, 2.05) is 11.3 Å². The summed E-state index contributed by atoms with van der Waals surface area (Å²) in [6, 6.07) is 0. The molecule has 23 heavy (non-hydrogen) atoms. The molecule has 0 radical (unpaired) electrons. The van der Waals surface area contributed by atoms with Gasteiger partial charge >= 0.3 is 0 Å². The Kier molecular flexibility index (Phi) is 4.52. The van der Waals surface area contributed by atoms with Crippen LogP contribution in [0.4, 0.5) is 0 Å². The minimum atomic E-state index is 0.567. The van der Waals surface area contributed by atoms with E-state index < -0.39 is 0 Å². The summed E-state index contributed by atoms with van der Waals surface area (Å²) < 4.78 is 5.78. The second-order valence-corrected chi connectivity index (χ2v) is 7.60. The molecule has 0 bridgehead atoms. The Morgan fingerprint density at radius 2 is 2.26 bits per heavy atom. The third-order valence-electron chi connectivity index (χ3n) is 4.61. The lowest BCUT2D eigenvalue weighted by Crippen LogP contribution is -2.37. The molecule has 2 aliphatic rings. The van der Waals surface area contributed by atoms with Crippen molar-refractivity contribution in [3.8, 4) is 5.88 Å². The third kappa shape index (κ3) is 3.70. The highest BCUT2D eigenvalue weighted by atomic mass is 32.1. The minimum Gasteiger partial charge on any atom is -0.476 e. The van der Waals surface area contributed by atoms with Gasteiger partial charge in [0.05, 0.1) is 25.0 Å². The van der Waals surface area contributed by atoms with Gasteiger partial charge in [-0.2, -0.15) is 0 Å². The molecule has 2 aromatic heterocycles. The van der Waals surface area contributed by atoms with Gasteiger partial charge in [-0.1, -0.05) is 0 Å². The van der Waals surface area contributed by atoms with Crippen LogP contribution in [0.2, 0.25) is 0 Å². The van der Waals surface area contributed by atoms with E-state index in [1.165, 1.54) is 54.2 Å². The monoisotopic (exact) mass is 330 g/mol. The second kappa shape index (κ2) is 6.93. The Bertz CT molecular complexity index is 624. The van der Waals surface area contributed by atoms with Gasteiger partial charge in [-0.15, -0.1) is 11.3 Å². The zero-order valence-electron chi connectivity index (χ0n) is 13.3. The Morgan fingerprint density at radius 1 is 1.26 bits per heavy atom. The lowest BCUT2D eigenvalue weighted by Gasteiger charge is -2.31. The fourth-order valence-electron chi connectivity index (χ4n) is 3.50. The molecule has 1 atom stereocenters. The summed E-state index contributed by atoms with van der Waals surface area (Å²) in [6.45, 7) is 3.99. The molecule has 1 aliphatic carbocycles. The van der Waals surface area contributed by atoms with Gasteiger partial charge in [0.1, 0.15) is 5.01 Å². The van der Waals surface area contributed by atoms with Crippen molar-refractivity contribution in [2.24, 2.45) is 5.92 Å². The SMILES string of the molecule is c1cnc(OCC2CCCN(Cc3nc4c(s3)CCC4)C2)cn1. The number of rotatable bonds is 5. The average Bonchev–Trinajstić information content (AvgIpc) is 3.16. The molecule has 5 nitrogen and oxygen atoms in total. The summed E-state index contributed by atoms with van der Waals surface area (Å²) in [7, 11) is 0. The number of hydrogen-bond acceptors (Lipinski definition) is 6. The highest BCUT2D eigenvalue weighted by Crippen LogP contribution is 2.29. The molecule has 0 amide bonds. The molecular formula is C17H22N4OS. The Labute approximate surface area is 140 Å². The van der Waals surface area contributed by atoms with Crippen molar-refractivity contribution in [3.63, 3.8) is 0 Å². The maximum absolute atomic E-state index is 5.78. The summed E-state index contributed by atoms with van der Waals surface area (Å²) >= 11 is 1.92. The minimum absolute atomic E-state index is 0.567. The largest absolute Gasteiger partial charge is 0.476 e. The number of hydrogen-bond donors (Lipinski definition) is 0. The second-order valence-electron chi connectivity index (χ2n) is 6.43. The summed E-state index contributed by atoms with van der Waals surface area (Å²) in [5.74, 6) is 1.19. The van der Waals surface area contributed by atoms with Crippen molar-refractivity contribution in [1.82, 2.24) is 19.9 Å². The van der Waals surface area contributed by atoms with Crippen LogP contribution in [0.25, 0.3) is 0 Å². The van der Waals surface area contributed by atoms with Crippen molar-refractivity contribution in [2.45, 2.75) is 38.6 Å². The summed E-state index contributed by atoms with van der Waals surface area (Å²) in [5, 5.41) is 1.30. The van der Waals surface area contributed by atoms with Gasteiger partial charge in [0, 0.05) is 29.7 Å². The number of fused-ring (bicyclic) bond motifs is 1. The molecule has 0 spiro atoms. The van der Waals surface area contributed by atoms with Crippen LogP contribution in [-0.4, -0.2) is 39.5 Å². The summed E-state index contributed by atoms with van der Waals surface area (Å²) in [6.07, 6.45) is 11.2. The van der Waals surface area contributed by atoms with E-state index in [4.69, 9.17) is 9.72 Å². The van der Waals surface area contributed by atoms with Crippen LogP contribution in [-0.2, 0) is 19.4 Å². The molecule has 1 fully saturated rings. The number of nitrogens with zero attached hydrogens (tertiary/aromatic N) is 4. The lowest BCUT2D eigenvalue weighted by molar-refractivity contribution is 0.123. The highest BCUT2D eigenvalue weighted by Gasteiger charge is 2.23. The standard InChI is InChI=1S/C17H22N4OS/c1-4-14-15(5-1)23-17(20-14)11-21-8-2-3-13(10-21)12-22-16-9-18-6-7-19-16/h6-7,9,13H,1-5,8,10-12H2. The molecule has 0 N–H and O–H groups in total. The Hall–Kier alpha value is -1.53. The van der Waals surface area contributed by atoms with Crippen molar-refractivity contribution in [2.75, 3.05) is 19.7 Å². The number of aryl methyl sites for hydroxylation is 2. The zero-order chi connectivity index (χ0) is 15.5. The van der Waals surface area contributed by atoms with Crippen molar-refractivity contribution < 1.29 is 4.74 Å². The van der Waals surface area contributed by atoms with Crippen LogP contribution in [0.5, 0.6) is 5.88 Å². The van der Waals surface area contributed by atoms with Gasteiger partial charge in [0.25, 0.3) is 0 Å². The normalized spacial score (nSPS) is 21.3. The van der Waals surface area contributed by atoms with Crippen LogP contribution in [0, 0.1) is 5.92 Å². The molecular weight excluding hydrogens is 308 g/mol. The van der Waals surface area contributed by atoms with Gasteiger partial charge in [-0.05, 0) is 38.6 Å². The lowest BCUT2D eigenvalue weighted by atomic mass is 9.99. The van der Waals surface area contributed by atoms with E-state index in [9.17, 15) is 0 Å². The zero-order valence-corrected chi connectivity index (χ0v) is 14.1. The number of likely N-dealkylation sites (tertiary alicyclic amines) is 1. The average molecular weight is 330 g/mol. The number of ether oxygens (including phenoxy) is 1. The molecule has 1 saturated heterocycles. The van der Waals surface area contributed by atoms with Crippen LogP contribution < -0.4 is 4.74 Å². The molecule has 3 heterocycles. The predicted molar refractivity (Wildman–Crippen MR) is 89.7 cm³/mol. The van der Waals surface area contributed by atoms with Crippen LogP contribution >= 0.6 is 11.3 Å². The highest BCUT2D eigenvalue weighted by molar-refractivity contribution is 7.11. The van der Waals surface area contributed by atoms with Crippen molar-refractivity contribution in [1.29, 1.82) is 0 Å².